The average Bonchev–Trinajstić information content (AvgIpc) is 2.80. The highest BCUT2D eigenvalue weighted by atomic mass is 32.2. The second-order valence-corrected chi connectivity index (χ2v) is 4.89. The topological polar surface area (TPSA) is 78.9 Å². The Morgan fingerprint density at radius 2 is 2.30 bits per heavy atom. The third-order valence-electron chi connectivity index (χ3n) is 2.51. The van der Waals surface area contributed by atoms with Crippen molar-refractivity contribution in [3.63, 3.8) is 0 Å². The molecule has 0 saturated carbocycles. The standard InChI is InChI=1S/C13H17N5OS/c1-3-7-18-12(14)16-17-13(18)20-9-10-5-6-11(8-15-10)19-4-2/h3,5-6,8H,1,4,7,9H2,2H3,(H2,14,16). The molecule has 2 rings (SSSR count). The molecule has 0 unspecified atom stereocenters. The zero-order valence-electron chi connectivity index (χ0n) is 11.3. The maximum Gasteiger partial charge on any atom is 0.222 e. The summed E-state index contributed by atoms with van der Waals surface area (Å²) in [7, 11) is 0. The second-order valence-electron chi connectivity index (χ2n) is 3.95. The molecule has 2 aromatic heterocycles. The SMILES string of the molecule is C=CCn1c(N)nnc1SCc1ccc(OCC)cn1. The van der Waals surface area contributed by atoms with Crippen molar-refractivity contribution in [1.29, 1.82) is 0 Å². The number of anilines is 1. The van der Waals surface area contributed by atoms with E-state index in [2.05, 4.69) is 21.8 Å². The average molecular weight is 291 g/mol. The molecular weight excluding hydrogens is 274 g/mol. The number of allylic oxidation sites excluding steroid dienone is 1. The lowest BCUT2D eigenvalue weighted by Gasteiger charge is -2.05. The summed E-state index contributed by atoms with van der Waals surface area (Å²) < 4.78 is 7.17. The molecule has 0 aliphatic heterocycles. The summed E-state index contributed by atoms with van der Waals surface area (Å²) in [5.74, 6) is 1.87. The Kier molecular flexibility index (Phi) is 5.00. The molecule has 0 bridgehead atoms. The molecule has 2 heterocycles. The summed E-state index contributed by atoms with van der Waals surface area (Å²) in [5.41, 5.74) is 6.69. The van der Waals surface area contributed by atoms with Crippen molar-refractivity contribution < 1.29 is 4.74 Å². The Labute approximate surface area is 122 Å². The molecule has 0 saturated heterocycles. The molecule has 0 aliphatic rings. The first kappa shape index (κ1) is 14.4. The fourth-order valence-electron chi connectivity index (χ4n) is 1.59. The first-order chi connectivity index (χ1) is 9.74. The van der Waals surface area contributed by atoms with E-state index in [1.165, 1.54) is 11.8 Å². The van der Waals surface area contributed by atoms with Crippen LogP contribution in [0.1, 0.15) is 12.6 Å². The Morgan fingerprint density at radius 3 is 2.95 bits per heavy atom. The minimum atomic E-state index is 0.395. The third-order valence-corrected chi connectivity index (χ3v) is 3.52. The predicted molar refractivity (Wildman–Crippen MR) is 79.6 cm³/mol. The third kappa shape index (κ3) is 3.51. The van der Waals surface area contributed by atoms with Crippen LogP contribution in [0.2, 0.25) is 0 Å². The van der Waals surface area contributed by atoms with Gasteiger partial charge in [-0.1, -0.05) is 17.8 Å². The van der Waals surface area contributed by atoms with Crippen molar-refractivity contribution in [2.24, 2.45) is 0 Å². The van der Waals surface area contributed by atoms with Gasteiger partial charge in [-0.05, 0) is 19.1 Å². The van der Waals surface area contributed by atoms with Crippen LogP contribution in [0.25, 0.3) is 0 Å². The van der Waals surface area contributed by atoms with E-state index in [1.54, 1.807) is 12.3 Å². The van der Waals surface area contributed by atoms with Gasteiger partial charge < -0.3 is 10.5 Å². The first-order valence-electron chi connectivity index (χ1n) is 6.24. The molecule has 7 heteroatoms. The Balaban J connectivity index is 1.99. The van der Waals surface area contributed by atoms with Crippen LogP contribution in [0.15, 0.2) is 36.1 Å². The van der Waals surface area contributed by atoms with Crippen LogP contribution in [0.3, 0.4) is 0 Å². The van der Waals surface area contributed by atoms with Crippen molar-refractivity contribution >= 4 is 17.7 Å². The molecule has 2 N–H and O–H groups in total. The smallest absolute Gasteiger partial charge is 0.222 e. The zero-order chi connectivity index (χ0) is 14.4. The molecule has 2 aromatic rings. The highest BCUT2D eigenvalue weighted by molar-refractivity contribution is 7.98. The molecule has 0 aromatic carbocycles. The number of pyridine rings is 1. The van der Waals surface area contributed by atoms with Crippen LogP contribution in [-0.2, 0) is 12.3 Å². The predicted octanol–water partition coefficient (Wildman–Crippen LogP) is 2.13. The number of aromatic nitrogens is 4. The quantitative estimate of drug-likeness (QED) is 0.622. The van der Waals surface area contributed by atoms with Crippen LogP contribution in [0, 0.1) is 0 Å². The lowest BCUT2D eigenvalue weighted by Crippen LogP contribution is -2.03. The highest BCUT2D eigenvalue weighted by Gasteiger charge is 2.09. The van der Waals surface area contributed by atoms with Gasteiger partial charge in [0.1, 0.15) is 5.75 Å². The number of rotatable bonds is 7. The molecule has 0 atom stereocenters. The van der Waals surface area contributed by atoms with E-state index in [0.717, 1.165) is 16.6 Å². The van der Waals surface area contributed by atoms with Gasteiger partial charge in [-0.2, -0.15) is 0 Å². The summed E-state index contributed by atoms with van der Waals surface area (Å²) in [6.07, 6.45) is 3.49. The van der Waals surface area contributed by atoms with Crippen LogP contribution < -0.4 is 10.5 Å². The van der Waals surface area contributed by atoms with Crippen molar-refractivity contribution in [3.8, 4) is 5.75 Å². The minimum Gasteiger partial charge on any atom is -0.492 e. The van der Waals surface area contributed by atoms with Crippen molar-refractivity contribution in [2.75, 3.05) is 12.3 Å². The Morgan fingerprint density at radius 1 is 1.45 bits per heavy atom. The number of ether oxygens (including phenoxy) is 1. The van der Waals surface area contributed by atoms with Gasteiger partial charge in [-0.25, -0.2) is 0 Å². The Hall–Kier alpha value is -2.02. The second kappa shape index (κ2) is 6.95. The fraction of sp³-hybridized carbons (Fsp3) is 0.308. The normalized spacial score (nSPS) is 10.4. The monoisotopic (exact) mass is 291 g/mol. The van der Waals surface area contributed by atoms with E-state index in [0.29, 0.717) is 24.9 Å². The number of nitrogens with two attached hydrogens (primary N) is 1. The van der Waals surface area contributed by atoms with E-state index in [-0.39, 0.29) is 0 Å². The molecule has 0 spiro atoms. The van der Waals surface area contributed by atoms with E-state index in [1.807, 2.05) is 23.6 Å². The number of hydrogen-bond donors (Lipinski definition) is 1. The van der Waals surface area contributed by atoms with Crippen molar-refractivity contribution in [2.45, 2.75) is 24.4 Å². The summed E-state index contributed by atoms with van der Waals surface area (Å²) in [4.78, 5) is 4.34. The van der Waals surface area contributed by atoms with E-state index in [4.69, 9.17) is 10.5 Å². The van der Waals surface area contributed by atoms with E-state index < -0.39 is 0 Å². The van der Waals surface area contributed by atoms with Crippen molar-refractivity contribution in [3.05, 3.63) is 36.7 Å². The first-order valence-corrected chi connectivity index (χ1v) is 7.23. The number of nitrogen functional groups attached to an aromatic ring is 1. The van der Waals surface area contributed by atoms with E-state index in [9.17, 15) is 0 Å². The molecule has 0 aliphatic carbocycles. The van der Waals surface area contributed by atoms with Gasteiger partial charge in [0.05, 0.1) is 18.5 Å². The fourth-order valence-corrected chi connectivity index (χ4v) is 2.46. The highest BCUT2D eigenvalue weighted by Crippen LogP contribution is 2.22. The summed E-state index contributed by atoms with van der Waals surface area (Å²) in [6, 6.07) is 3.85. The number of thioether (sulfide) groups is 1. The maximum atomic E-state index is 5.75. The van der Waals surface area contributed by atoms with Gasteiger partial charge in [-0.3, -0.25) is 9.55 Å². The lowest BCUT2D eigenvalue weighted by molar-refractivity contribution is 0.338. The molecule has 20 heavy (non-hydrogen) atoms. The van der Waals surface area contributed by atoms with Gasteiger partial charge in [0.2, 0.25) is 5.95 Å². The van der Waals surface area contributed by atoms with Gasteiger partial charge in [0.15, 0.2) is 5.16 Å². The van der Waals surface area contributed by atoms with Crippen LogP contribution >= 0.6 is 11.8 Å². The van der Waals surface area contributed by atoms with Gasteiger partial charge in [0, 0.05) is 12.3 Å². The van der Waals surface area contributed by atoms with Gasteiger partial charge in [0.25, 0.3) is 0 Å². The Bertz CT molecular complexity index is 567. The van der Waals surface area contributed by atoms with Crippen LogP contribution in [0.5, 0.6) is 5.75 Å². The molecule has 0 fully saturated rings. The van der Waals surface area contributed by atoms with Crippen LogP contribution in [0.4, 0.5) is 5.95 Å². The minimum absolute atomic E-state index is 0.395. The number of hydrogen-bond acceptors (Lipinski definition) is 6. The summed E-state index contributed by atoms with van der Waals surface area (Å²) in [6.45, 7) is 6.87. The van der Waals surface area contributed by atoms with Gasteiger partial charge >= 0.3 is 0 Å². The van der Waals surface area contributed by atoms with Gasteiger partial charge in [-0.15, -0.1) is 16.8 Å². The zero-order valence-corrected chi connectivity index (χ0v) is 12.1. The molecular formula is C13H17N5OS. The molecule has 0 radical (unpaired) electrons. The summed E-state index contributed by atoms with van der Waals surface area (Å²) >= 11 is 1.54. The van der Waals surface area contributed by atoms with Crippen LogP contribution in [-0.4, -0.2) is 26.4 Å². The van der Waals surface area contributed by atoms with E-state index >= 15 is 0 Å². The lowest BCUT2D eigenvalue weighted by atomic mass is 10.4. The van der Waals surface area contributed by atoms with Crippen molar-refractivity contribution in [1.82, 2.24) is 19.7 Å². The largest absolute Gasteiger partial charge is 0.492 e. The molecule has 106 valence electrons. The number of nitrogens with zero attached hydrogens (tertiary/aromatic N) is 4. The molecule has 0 amide bonds. The molecule has 6 nitrogen and oxygen atoms in total. The summed E-state index contributed by atoms with van der Waals surface area (Å²) in [5, 5.41) is 8.68. The maximum absolute atomic E-state index is 5.75.